The van der Waals surface area contributed by atoms with E-state index in [1.54, 1.807) is 6.20 Å². The second kappa shape index (κ2) is 6.59. The Morgan fingerprint density at radius 3 is 2.88 bits per heavy atom. The lowest BCUT2D eigenvalue weighted by molar-refractivity contribution is -0.138. The molecule has 94 valence electrons. The van der Waals surface area contributed by atoms with Crippen molar-refractivity contribution in [2.45, 2.75) is 39.2 Å². The quantitative estimate of drug-likeness (QED) is 0.847. The fourth-order valence-electron chi connectivity index (χ4n) is 1.46. The summed E-state index contributed by atoms with van der Waals surface area (Å²) in [5.74, 6) is -0.227. The Hall–Kier alpha value is -1.10. The van der Waals surface area contributed by atoms with Crippen LogP contribution in [0.5, 0.6) is 0 Å². The van der Waals surface area contributed by atoms with Crippen LogP contribution >= 0.6 is 15.9 Å². The molecule has 0 bridgehead atoms. The number of anilines is 1. The van der Waals surface area contributed by atoms with Crippen LogP contribution in [0.25, 0.3) is 0 Å². The second-order valence-electron chi connectivity index (χ2n) is 4.00. The Morgan fingerprint density at radius 2 is 2.35 bits per heavy atom. The van der Waals surface area contributed by atoms with Gasteiger partial charge in [0, 0.05) is 10.7 Å². The number of carboxylic acid groups (broad SMARTS) is 1. The minimum Gasteiger partial charge on any atom is -0.480 e. The molecule has 0 saturated carbocycles. The van der Waals surface area contributed by atoms with E-state index in [1.165, 1.54) is 0 Å². The van der Waals surface area contributed by atoms with E-state index in [2.05, 4.69) is 26.2 Å². The van der Waals surface area contributed by atoms with Crippen molar-refractivity contribution in [2.24, 2.45) is 0 Å². The topological polar surface area (TPSA) is 62.2 Å². The molecule has 1 rings (SSSR count). The molecule has 1 heterocycles. The van der Waals surface area contributed by atoms with Crippen LogP contribution in [0.4, 0.5) is 5.82 Å². The van der Waals surface area contributed by atoms with Gasteiger partial charge >= 0.3 is 5.97 Å². The summed E-state index contributed by atoms with van der Waals surface area (Å²) < 4.78 is 0.920. The van der Waals surface area contributed by atoms with Gasteiger partial charge in [0.1, 0.15) is 11.9 Å². The average molecular weight is 301 g/mol. The first kappa shape index (κ1) is 14.0. The Labute approximate surface area is 110 Å². The van der Waals surface area contributed by atoms with Gasteiger partial charge in [0.25, 0.3) is 0 Å². The molecule has 0 amide bonds. The van der Waals surface area contributed by atoms with E-state index in [-0.39, 0.29) is 0 Å². The SMILES string of the molecule is CCCC[C@H](Nc1cc(C)c(Br)cn1)C(=O)O. The molecular formula is C12H17BrN2O2. The summed E-state index contributed by atoms with van der Waals surface area (Å²) in [6, 6.07) is 1.27. The normalized spacial score (nSPS) is 12.2. The Balaban J connectivity index is 2.71. The Bertz CT molecular complexity index is 396. The van der Waals surface area contributed by atoms with E-state index in [9.17, 15) is 4.79 Å². The number of aryl methyl sites for hydroxylation is 1. The van der Waals surface area contributed by atoms with Gasteiger partial charge in [-0.3, -0.25) is 0 Å². The molecule has 0 aliphatic rings. The van der Waals surface area contributed by atoms with E-state index in [4.69, 9.17) is 5.11 Å². The fourth-order valence-corrected chi connectivity index (χ4v) is 1.68. The van der Waals surface area contributed by atoms with Gasteiger partial charge in [0.2, 0.25) is 0 Å². The molecule has 0 radical (unpaired) electrons. The highest BCUT2D eigenvalue weighted by Crippen LogP contribution is 2.18. The van der Waals surface area contributed by atoms with Crippen molar-refractivity contribution in [2.75, 3.05) is 5.32 Å². The van der Waals surface area contributed by atoms with Crippen LogP contribution in [-0.2, 0) is 4.79 Å². The monoisotopic (exact) mass is 300 g/mol. The van der Waals surface area contributed by atoms with Gasteiger partial charge in [-0.25, -0.2) is 9.78 Å². The molecule has 1 atom stereocenters. The summed E-state index contributed by atoms with van der Waals surface area (Å²) in [5.41, 5.74) is 1.03. The van der Waals surface area contributed by atoms with Crippen molar-refractivity contribution in [1.29, 1.82) is 0 Å². The number of halogens is 1. The summed E-state index contributed by atoms with van der Waals surface area (Å²) in [5, 5.41) is 12.0. The summed E-state index contributed by atoms with van der Waals surface area (Å²) in [4.78, 5) is 15.2. The largest absolute Gasteiger partial charge is 0.480 e. The van der Waals surface area contributed by atoms with Crippen molar-refractivity contribution in [3.63, 3.8) is 0 Å². The van der Waals surface area contributed by atoms with Crippen molar-refractivity contribution < 1.29 is 9.90 Å². The number of carboxylic acids is 1. The van der Waals surface area contributed by atoms with Crippen LogP contribution in [0.2, 0.25) is 0 Å². The highest BCUT2D eigenvalue weighted by atomic mass is 79.9. The first-order chi connectivity index (χ1) is 8.04. The summed E-state index contributed by atoms with van der Waals surface area (Å²) in [6.45, 7) is 3.99. The van der Waals surface area contributed by atoms with E-state index < -0.39 is 12.0 Å². The van der Waals surface area contributed by atoms with Crippen LogP contribution in [0.15, 0.2) is 16.7 Å². The van der Waals surface area contributed by atoms with Gasteiger partial charge in [-0.05, 0) is 40.9 Å². The lowest BCUT2D eigenvalue weighted by Gasteiger charge is -2.15. The third-order valence-electron chi connectivity index (χ3n) is 2.51. The zero-order valence-corrected chi connectivity index (χ0v) is 11.6. The highest BCUT2D eigenvalue weighted by molar-refractivity contribution is 9.10. The van der Waals surface area contributed by atoms with Crippen molar-refractivity contribution in [3.8, 4) is 0 Å². The third kappa shape index (κ3) is 4.34. The van der Waals surface area contributed by atoms with Gasteiger partial charge < -0.3 is 10.4 Å². The van der Waals surface area contributed by atoms with Crippen molar-refractivity contribution in [3.05, 3.63) is 22.3 Å². The lowest BCUT2D eigenvalue weighted by atomic mass is 10.1. The smallest absolute Gasteiger partial charge is 0.326 e. The summed E-state index contributed by atoms with van der Waals surface area (Å²) >= 11 is 3.36. The Morgan fingerprint density at radius 1 is 1.65 bits per heavy atom. The fraction of sp³-hybridized carbons (Fsp3) is 0.500. The van der Waals surface area contributed by atoms with Gasteiger partial charge in [-0.2, -0.15) is 0 Å². The number of nitrogens with one attached hydrogen (secondary N) is 1. The van der Waals surface area contributed by atoms with Gasteiger partial charge in [-0.1, -0.05) is 19.8 Å². The zero-order chi connectivity index (χ0) is 12.8. The van der Waals surface area contributed by atoms with Crippen LogP contribution in [0, 0.1) is 6.92 Å². The number of rotatable bonds is 6. The van der Waals surface area contributed by atoms with Gasteiger partial charge in [0.05, 0.1) is 0 Å². The second-order valence-corrected chi connectivity index (χ2v) is 4.85. The summed E-state index contributed by atoms with van der Waals surface area (Å²) in [6.07, 6.45) is 4.16. The molecule has 0 aliphatic carbocycles. The van der Waals surface area contributed by atoms with Crippen LogP contribution in [0.3, 0.4) is 0 Å². The number of nitrogens with zero attached hydrogens (tertiary/aromatic N) is 1. The molecule has 17 heavy (non-hydrogen) atoms. The van der Waals surface area contributed by atoms with Crippen LogP contribution in [0.1, 0.15) is 31.7 Å². The Kier molecular flexibility index (Phi) is 5.41. The number of carbonyl (C=O) groups is 1. The molecule has 0 fully saturated rings. The van der Waals surface area contributed by atoms with Gasteiger partial charge in [0.15, 0.2) is 0 Å². The van der Waals surface area contributed by atoms with E-state index >= 15 is 0 Å². The number of pyridine rings is 1. The molecule has 5 heteroatoms. The first-order valence-electron chi connectivity index (χ1n) is 5.66. The molecule has 0 aliphatic heterocycles. The molecule has 1 aromatic rings. The lowest BCUT2D eigenvalue weighted by Crippen LogP contribution is -2.29. The molecular weight excluding hydrogens is 284 g/mol. The molecule has 4 nitrogen and oxygen atoms in total. The maximum Gasteiger partial charge on any atom is 0.326 e. The minimum absolute atomic E-state index is 0.567. The predicted octanol–water partition coefficient (Wildman–Crippen LogP) is 3.21. The van der Waals surface area contributed by atoms with Crippen molar-refractivity contribution in [1.82, 2.24) is 4.98 Å². The average Bonchev–Trinajstić information content (AvgIpc) is 2.28. The van der Waals surface area contributed by atoms with Gasteiger partial charge in [-0.15, -0.1) is 0 Å². The molecule has 0 spiro atoms. The number of hydrogen-bond donors (Lipinski definition) is 2. The number of aliphatic carboxylic acids is 1. The van der Waals surface area contributed by atoms with E-state index in [0.717, 1.165) is 22.9 Å². The van der Waals surface area contributed by atoms with E-state index in [1.807, 2.05) is 19.9 Å². The molecule has 0 saturated heterocycles. The summed E-state index contributed by atoms with van der Waals surface area (Å²) in [7, 11) is 0. The molecule has 1 aromatic heterocycles. The maximum atomic E-state index is 11.1. The number of unbranched alkanes of at least 4 members (excludes halogenated alkanes) is 1. The standard InChI is InChI=1S/C12H17BrN2O2/c1-3-4-5-10(12(16)17)15-11-6-8(2)9(13)7-14-11/h6-7,10H,3-5H2,1-2H3,(H,14,15)(H,16,17)/t10-/m0/s1. The number of aromatic nitrogens is 1. The molecule has 0 unspecified atom stereocenters. The molecule has 0 aromatic carbocycles. The maximum absolute atomic E-state index is 11.1. The van der Waals surface area contributed by atoms with Crippen LogP contribution < -0.4 is 5.32 Å². The first-order valence-corrected chi connectivity index (χ1v) is 6.45. The van der Waals surface area contributed by atoms with Crippen molar-refractivity contribution >= 4 is 27.7 Å². The number of hydrogen-bond acceptors (Lipinski definition) is 3. The molecule has 2 N–H and O–H groups in total. The minimum atomic E-state index is -0.833. The highest BCUT2D eigenvalue weighted by Gasteiger charge is 2.16. The van der Waals surface area contributed by atoms with Crippen LogP contribution in [-0.4, -0.2) is 22.1 Å². The third-order valence-corrected chi connectivity index (χ3v) is 3.34. The zero-order valence-electron chi connectivity index (χ0n) is 10.0. The predicted molar refractivity (Wildman–Crippen MR) is 71.2 cm³/mol. The van der Waals surface area contributed by atoms with E-state index in [0.29, 0.717) is 12.2 Å².